The summed E-state index contributed by atoms with van der Waals surface area (Å²) in [5.41, 5.74) is -1.15. The highest BCUT2D eigenvalue weighted by Gasteiger charge is 2.86. The van der Waals surface area contributed by atoms with Crippen LogP contribution in [0.5, 0.6) is 0 Å². The van der Waals surface area contributed by atoms with Crippen molar-refractivity contribution in [2.24, 2.45) is 34.0 Å². The summed E-state index contributed by atoms with van der Waals surface area (Å²) in [5, 5.41) is 23.1. The van der Waals surface area contributed by atoms with Crippen LogP contribution in [-0.2, 0) is 20.7 Å². The lowest BCUT2D eigenvalue weighted by Crippen LogP contribution is -2.63. The molecule has 5 nitrogen and oxygen atoms in total. The topological polar surface area (TPSA) is 83.8 Å². The van der Waals surface area contributed by atoms with E-state index < -0.39 is 22.0 Å². The van der Waals surface area contributed by atoms with Gasteiger partial charge in [0.15, 0.2) is 5.78 Å². The highest BCUT2D eigenvalue weighted by molar-refractivity contribution is 6.02. The molecular formula is C32H42O5. The number of aryl methyl sites for hydroxylation is 1. The van der Waals surface area contributed by atoms with Crippen molar-refractivity contribution >= 4 is 11.8 Å². The van der Waals surface area contributed by atoms with Crippen LogP contribution in [0, 0.1) is 34.0 Å². The number of Topliss-reactive ketones (excluding diaryl/α,β-unsaturated/α-hetero) is 1. The van der Waals surface area contributed by atoms with E-state index in [1.54, 1.807) is 0 Å². The molecule has 7 atom stereocenters. The SMILES string of the molecule is CC1=C[C@H]2[C@@]3(O)[C@H](C)C[C@]4(OC(=O)CCCc5ccccc5)[C@@H](C4(C)C)[C@]3(C)C=C(CO)C[C@]2(C)C1=O. The predicted molar refractivity (Wildman–Crippen MR) is 142 cm³/mol. The van der Waals surface area contributed by atoms with E-state index in [-0.39, 0.29) is 41.5 Å². The molecule has 0 amide bonds. The van der Waals surface area contributed by atoms with Crippen molar-refractivity contribution in [1.29, 1.82) is 0 Å². The molecule has 0 bridgehead atoms. The molecule has 1 aromatic rings. The summed E-state index contributed by atoms with van der Waals surface area (Å²) < 4.78 is 6.40. The number of benzene rings is 1. The second-order valence-electron chi connectivity index (χ2n) is 13.3. The second-order valence-corrected chi connectivity index (χ2v) is 13.3. The zero-order chi connectivity index (χ0) is 27.0. The van der Waals surface area contributed by atoms with Crippen molar-refractivity contribution < 1.29 is 24.5 Å². The molecule has 0 saturated heterocycles. The molecule has 200 valence electrons. The molecule has 0 unspecified atom stereocenters. The van der Waals surface area contributed by atoms with Crippen molar-refractivity contribution in [1.82, 2.24) is 0 Å². The maximum atomic E-state index is 13.4. The number of ketones is 1. The Balaban J connectivity index is 1.47. The first-order valence-electron chi connectivity index (χ1n) is 13.8. The number of ether oxygens (including phenoxy) is 1. The standard InChI is InChI=1S/C32H42O5/c1-20-15-24-29(5,26(20)35)17-23(19-33)18-30(6)27-28(3,4)31(27,16-21(2)32(24,30)36)37-25(34)14-10-13-22-11-8-7-9-12-22/h7-9,11-12,15,18,21,24,27,33,36H,10,13-14,16-17,19H2,1-6H3/t21-,24-,27+,29+,30+,31+,32+/m1/s1. The van der Waals surface area contributed by atoms with Crippen LogP contribution in [0.15, 0.2) is 53.6 Å². The highest BCUT2D eigenvalue weighted by Crippen LogP contribution is 2.81. The van der Waals surface area contributed by atoms with Crippen LogP contribution in [0.2, 0.25) is 0 Å². The molecule has 4 aliphatic carbocycles. The van der Waals surface area contributed by atoms with Gasteiger partial charge in [0.2, 0.25) is 0 Å². The molecule has 37 heavy (non-hydrogen) atoms. The van der Waals surface area contributed by atoms with E-state index in [0.717, 1.165) is 18.4 Å². The van der Waals surface area contributed by atoms with Crippen molar-refractivity contribution in [3.8, 4) is 0 Å². The number of aliphatic hydroxyl groups is 2. The predicted octanol–water partition coefficient (Wildman–Crippen LogP) is 5.20. The van der Waals surface area contributed by atoms with Gasteiger partial charge >= 0.3 is 5.97 Å². The minimum absolute atomic E-state index is 0.0541. The van der Waals surface area contributed by atoms with Crippen LogP contribution >= 0.6 is 0 Å². The molecular weight excluding hydrogens is 464 g/mol. The molecule has 4 aliphatic rings. The lowest BCUT2D eigenvalue weighted by Gasteiger charge is -2.56. The van der Waals surface area contributed by atoms with E-state index in [1.807, 2.05) is 51.1 Å². The van der Waals surface area contributed by atoms with Gasteiger partial charge in [0.25, 0.3) is 0 Å². The lowest BCUT2D eigenvalue weighted by molar-refractivity contribution is -0.199. The van der Waals surface area contributed by atoms with Crippen LogP contribution in [0.3, 0.4) is 0 Å². The van der Waals surface area contributed by atoms with Gasteiger partial charge in [-0.2, -0.15) is 0 Å². The van der Waals surface area contributed by atoms with Gasteiger partial charge in [-0.25, -0.2) is 0 Å². The third-order valence-electron chi connectivity index (χ3n) is 10.8. The Hall–Kier alpha value is -2.24. The number of rotatable bonds is 6. The molecule has 0 heterocycles. The van der Waals surface area contributed by atoms with Crippen LogP contribution in [0.25, 0.3) is 0 Å². The zero-order valence-corrected chi connectivity index (χ0v) is 23.1. The van der Waals surface area contributed by atoms with Gasteiger partial charge in [0.1, 0.15) is 5.60 Å². The second kappa shape index (κ2) is 8.38. The summed E-state index contributed by atoms with van der Waals surface area (Å²) in [7, 11) is 0. The summed E-state index contributed by atoms with van der Waals surface area (Å²) in [6, 6.07) is 10.2. The Morgan fingerprint density at radius 1 is 1.14 bits per heavy atom. The fraction of sp³-hybridized carbons (Fsp3) is 0.625. The van der Waals surface area contributed by atoms with E-state index in [4.69, 9.17) is 4.74 Å². The van der Waals surface area contributed by atoms with E-state index in [0.29, 0.717) is 24.8 Å². The van der Waals surface area contributed by atoms with Gasteiger partial charge in [-0.3, -0.25) is 9.59 Å². The van der Waals surface area contributed by atoms with Gasteiger partial charge < -0.3 is 14.9 Å². The molecule has 0 spiro atoms. The summed E-state index contributed by atoms with van der Waals surface area (Å²) in [5.74, 6) is -0.854. The minimum Gasteiger partial charge on any atom is -0.458 e. The smallest absolute Gasteiger partial charge is 0.306 e. The van der Waals surface area contributed by atoms with Gasteiger partial charge in [0.05, 0.1) is 12.2 Å². The molecule has 2 fully saturated rings. The quantitative estimate of drug-likeness (QED) is 0.409. The molecule has 2 N–H and O–H groups in total. The van der Waals surface area contributed by atoms with Crippen LogP contribution in [-0.4, -0.2) is 39.8 Å². The molecule has 0 aromatic heterocycles. The Labute approximate surface area is 221 Å². The molecule has 1 aromatic carbocycles. The highest BCUT2D eigenvalue weighted by atomic mass is 16.6. The van der Waals surface area contributed by atoms with Gasteiger partial charge in [0, 0.05) is 34.5 Å². The summed E-state index contributed by atoms with van der Waals surface area (Å²) in [4.78, 5) is 26.6. The Morgan fingerprint density at radius 3 is 2.46 bits per heavy atom. The average Bonchev–Trinajstić information content (AvgIpc) is 3.25. The first-order valence-corrected chi connectivity index (χ1v) is 13.8. The number of aliphatic hydroxyl groups excluding tert-OH is 1. The minimum atomic E-state index is -1.21. The molecule has 5 heteroatoms. The average molecular weight is 507 g/mol. The van der Waals surface area contributed by atoms with E-state index in [9.17, 15) is 19.8 Å². The van der Waals surface area contributed by atoms with Crippen molar-refractivity contribution in [2.75, 3.05) is 6.61 Å². The largest absolute Gasteiger partial charge is 0.458 e. The first kappa shape index (κ1) is 26.4. The van der Waals surface area contributed by atoms with E-state index in [1.165, 1.54) is 5.56 Å². The monoisotopic (exact) mass is 506 g/mol. The number of fused-ring (bicyclic) bond motifs is 5. The van der Waals surface area contributed by atoms with Gasteiger partial charge in [-0.1, -0.05) is 77.1 Å². The van der Waals surface area contributed by atoms with Crippen molar-refractivity contribution in [2.45, 2.75) is 84.8 Å². The van der Waals surface area contributed by atoms with Crippen LogP contribution in [0.1, 0.15) is 72.8 Å². The summed E-state index contributed by atoms with van der Waals surface area (Å²) in [6.45, 7) is 12.0. The molecule has 0 radical (unpaired) electrons. The molecule has 2 saturated carbocycles. The fourth-order valence-corrected chi connectivity index (χ4v) is 9.16. The van der Waals surface area contributed by atoms with Crippen molar-refractivity contribution in [3.05, 3.63) is 59.2 Å². The third kappa shape index (κ3) is 3.42. The van der Waals surface area contributed by atoms with E-state index in [2.05, 4.69) is 32.9 Å². The maximum Gasteiger partial charge on any atom is 0.306 e. The number of carbonyl (C=O) groups is 2. The van der Waals surface area contributed by atoms with Crippen LogP contribution < -0.4 is 0 Å². The van der Waals surface area contributed by atoms with Gasteiger partial charge in [-0.05, 0) is 55.2 Å². The third-order valence-corrected chi connectivity index (χ3v) is 10.8. The summed E-state index contributed by atoms with van der Waals surface area (Å²) >= 11 is 0. The Morgan fingerprint density at radius 2 is 1.81 bits per heavy atom. The number of esters is 1. The van der Waals surface area contributed by atoms with Gasteiger partial charge in [-0.15, -0.1) is 0 Å². The molecule has 5 rings (SSSR count). The van der Waals surface area contributed by atoms with E-state index >= 15 is 0 Å². The first-order chi connectivity index (χ1) is 17.3. The number of hydrogen-bond acceptors (Lipinski definition) is 5. The van der Waals surface area contributed by atoms with Crippen molar-refractivity contribution in [3.63, 3.8) is 0 Å². The normalized spacial score (nSPS) is 41.5. The zero-order valence-electron chi connectivity index (χ0n) is 23.1. The number of carbonyl (C=O) groups excluding carboxylic acids is 2. The Kier molecular flexibility index (Phi) is 5.97. The number of allylic oxidation sites excluding steroid dienone is 1. The van der Waals surface area contributed by atoms with Crippen LogP contribution in [0.4, 0.5) is 0 Å². The summed E-state index contributed by atoms with van der Waals surface area (Å²) in [6.07, 6.45) is 6.89. The molecule has 0 aliphatic heterocycles. The lowest BCUT2D eigenvalue weighted by atomic mass is 9.51. The number of hydrogen-bond donors (Lipinski definition) is 2. The maximum absolute atomic E-state index is 13.4. The Bertz CT molecular complexity index is 1180. The fourth-order valence-electron chi connectivity index (χ4n) is 9.16.